The Labute approximate surface area is 240 Å². The average molecular weight is 552 g/mol. The monoisotopic (exact) mass is 551 g/mol. The molecule has 0 aliphatic heterocycles. The molecule has 210 valence electrons. The summed E-state index contributed by atoms with van der Waals surface area (Å²) < 4.78 is 33.2. The summed E-state index contributed by atoms with van der Waals surface area (Å²) >= 11 is 0. The minimum atomic E-state index is -0.391. The Hall–Kier alpha value is -4.42. The van der Waals surface area contributed by atoms with Gasteiger partial charge in [0.05, 0.1) is 23.6 Å². The molecule has 0 unspecified atom stereocenters. The van der Waals surface area contributed by atoms with Gasteiger partial charge in [-0.25, -0.2) is 9.18 Å². The molecule has 5 aromatic rings. The molecule has 0 amide bonds. The summed E-state index contributed by atoms with van der Waals surface area (Å²) in [6.45, 7) is 5.36. The number of benzene rings is 4. The first-order valence-corrected chi connectivity index (χ1v) is 13.6. The molecule has 0 radical (unpaired) electrons. The van der Waals surface area contributed by atoms with Gasteiger partial charge in [-0.3, -0.25) is 0 Å². The van der Waals surface area contributed by atoms with Crippen molar-refractivity contribution in [1.82, 2.24) is 4.57 Å². The van der Waals surface area contributed by atoms with Gasteiger partial charge >= 0.3 is 5.97 Å². The van der Waals surface area contributed by atoms with E-state index < -0.39 is 5.97 Å². The van der Waals surface area contributed by atoms with Crippen molar-refractivity contribution in [1.29, 1.82) is 0 Å². The number of hydrogen-bond acceptors (Lipinski definition) is 4. The Morgan fingerprint density at radius 1 is 0.854 bits per heavy atom. The summed E-state index contributed by atoms with van der Waals surface area (Å²) in [6.07, 6.45) is 0.745. The van der Waals surface area contributed by atoms with Gasteiger partial charge in [0.1, 0.15) is 18.2 Å². The van der Waals surface area contributed by atoms with Gasteiger partial charge in [-0.1, -0.05) is 62.4 Å². The van der Waals surface area contributed by atoms with Gasteiger partial charge < -0.3 is 18.8 Å². The Kier molecular flexibility index (Phi) is 8.22. The van der Waals surface area contributed by atoms with E-state index >= 15 is 0 Å². The van der Waals surface area contributed by atoms with E-state index in [1.54, 1.807) is 31.4 Å². The zero-order valence-corrected chi connectivity index (χ0v) is 23.8. The molecule has 0 aliphatic rings. The maximum atomic E-state index is 14.1. The largest absolute Gasteiger partial charge is 0.488 e. The van der Waals surface area contributed by atoms with E-state index in [1.165, 1.54) is 19.2 Å². The van der Waals surface area contributed by atoms with Gasteiger partial charge in [-0.2, -0.15) is 0 Å². The lowest BCUT2D eigenvalue weighted by molar-refractivity contribution is 0.0600. The number of hydrogen-bond donors (Lipinski definition) is 0. The van der Waals surface area contributed by atoms with Crippen LogP contribution in [-0.2, 0) is 21.5 Å². The molecule has 6 heteroatoms. The van der Waals surface area contributed by atoms with E-state index in [0.29, 0.717) is 18.8 Å². The third kappa shape index (κ3) is 5.74. The van der Waals surface area contributed by atoms with Crippen LogP contribution in [0.1, 0.15) is 41.9 Å². The van der Waals surface area contributed by atoms with Crippen LogP contribution in [0.5, 0.6) is 5.75 Å². The predicted molar refractivity (Wildman–Crippen MR) is 160 cm³/mol. The van der Waals surface area contributed by atoms with Crippen molar-refractivity contribution in [2.75, 3.05) is 20.8 Å². The molecule has 0 saturated heterocycles. The molecule has 5 nitrogen and oxygen atoms in total. The topological polar surface area (TPSA) is 49.7 Å². The number of methoxy groups -OCH3 is 2. The minimum absolute atomic E-state index is 0.295. The SMILES string of the molecule is COCCC(C)(C)c1c(-c2ccc(C(=O)OC)cc2)c2c(OCc3ccccc3)cccc2n1-c1ccc(F)cc1. The number of carbonyl (C=O) groups excluding carboxylic acids is 1. The van der Waals surface area contributed by atoms with Crippen LogP contribution in [0.3, 0.4) is 0 Å². The normalized spacial score (nSPS) is 11.5. The summed E-state index contributed by atoms with van der Waals surface area (Å²) in [5.41, 5.74) is 5.91. The summed E-state index contributed by atoms with van der Waals surface area (Å²) in [6, 6.07) is 30.1. The number of halogens is 1. The van der Waals surface area contributed by atoms with Gasteiger partial charge in [0.25, 0.3) is 0 Å². The second kappa shape index (κ2) is 12.0. The number of aromatic nitrogens is 1. The molecule has 0 bridgehead atoms. The maximum Gasteiger partial charge on any atom is 0.337 e. The summed E-state index contributed by atoms with van der Waals surface area (Å²) in [5, 5.41) is 0.944. The van der Waals surface area contributed by atoms with E-state index in [0.717, 1.165) is 51.1 Å². The first-order valence-electron chi connectivity index (χ1n) is 13.6. The van der Waals surface area contributed by atoms with Crippen LogP contribution in [-0.4, -0.2) is 31.4 Å². The van der Waals surface area contributed by atoms with Crippen molar-refractivity contribution < 1.29 is 23.4 Å². The molecule has 4 aromatic carbocycles. The van der Waals surface area contributed by atoms with E-state index in [9.17, 15) is 9.18 Å². The molecular formula is C35H34FNO4. The molecule has 0 spiro atoms. The Morgan fingerprint density at radius 3 is 2.22 bits per heavy atom. The summed E-state index contributed by atoms with van der Waals surface area (Å²) in [4.78, 5) is 12.2. The summed E-state index contributed by atoms with van der Waals surface area (Å²) in [5.74, 6) is 0.0526. The molecule has 0 fully saturated rings. The lowest BCUT2D eigenvalue weighted by atomic mass is 9.81. The molecule has 0 N–H and O–H groups in total. The van der Waals surface area contributed by atoms with Crippen molar-refractivity contribution >= 4 is 16.9 Å². The van der Waals surface area contributed by atoms with Crippen LogP contribution in [0.15, 0.2) is 97.1 Å². The van der Waals surface area contributed by atoms with Gasteiger partial charge in [0.15, 0.2) is 0 Å². The van der Waals surface area contributed by atoms with Crippen molar-refractivity contribution in [3.05, 3.63) is 120 Å². The number of fused-ring (bicyclic) bond motifs is 1. The van der Waals surface area contributed by atoms with Gasteiger partial charge in [0.2, 0.25) is 0 Å². The highest BCUT2D eigenvalue weighted by molar-refractivity contribution is 6.04. The number of esters is 1. The first-order chi connectivity index (χ1) is 19.8. The maximum absolute atomic E-state index is 14.1. The number of nitrogens with zero attached hydrogens (tertiary/aromatic N) is 1. The Bertz CT molecular complexity index is 1640. The minimum Gasteiger partial charge on any atom is -0.488 e. The van der Waals surface area contributed by atoms with Crippen LogP contribution >= 0.6 is 0 Å². The van der Waals surface area contributed by atoms with Crippen molar-refractivity contribution in [3.63, 3.8) is 0 Å². The van der Waals surface area contributed by atoms with Gasteiger partial charge in [-0.15, -0.1) is 0 Å². The van der Waals surface area contributed by atoms with Crippen molar-refractivity contribution in [2.24, 2.45) is 0 Å². The Balaban J connectivity index is 1.81. The molecule has 0 atom stereocenters. The fraction of sp³-hybridized carbons (Fsp3) is 0.229. The highest BCUT2D eigenvalue weighted by Crippen LogP contribution is 2.47. The average Bonchev–Trinajstić information content (AvgIpc) is 3.36. The molecule has 0 saturated carbocycles. The summed E-state index contributed by atoms with van der Waals surface area (Å²) in [7, 11) is 3.08. The zero-order valence-electron chi connectivity index (χ0n) is 23.8. The van der Waals surface area contributed by atoms with Gasteiger partial charge in [0, 0.05) is 36.1 Å². The van der Waals surface area contributed by atoms with E-state index in [-0.39, 0.29) is 11.2 Å². The third-order valence-corrected chi connectivity index (χ3v) is 7.44. The van der Waals surface area contributed by atoms with E-state index in [2.05, 4.69) is 24.5 Å². The lowest BCUT2D eigenvalue weighted by Gasteiger charge is -2.29. The van der Waals surface area contributed by atoms with Crippen LogP contribution in [0.2, 0.25) is 0 Å². The fourth-order valence-electron chi connectivity index (χ4n) is 5.31. The third-order valence-electron chi connectivity index (χ3n) is 7.44. The van der Waals surface area contributed by atoms with Crippen LogP contribution in [0.25, 0.3) is 27.7 Å². The molecular weight excluding hydrogens is 517 g/mol. The van der Waals surface area contributed by atoms with Crippen LogP contribution < -0.4 is 4.74 Å². The number of rotatable bonds is 10. The molecule has 1 heterocycles. The van der Waals surface area contributed by atoms with Crippen LogP contribution in [0.4, 0.5) is 4.39 Å². The second-order valence-corrected chi connectivity index (χ2v) is 10.7. The Morgan fingerprint density at radius 2 is 1.56 bits per heavy atom. The second-order valence-electron chi connectivity index (χ2n) is 10.7. The molecule has 5 rings (SSSR count). The first kappa shape index (κ1) is 28.1. The smallest absolute Gasteiger partial charge is 0.337 e. The highest BCUT2D eigenvalue weighted by Gasteiger charge is 2.33. The molecule has 1 aromatic heterocycles. The fourth-order valence-corrected chi connectivity index (χ4v) is 5.31. The van der Waals surface area contributed by atoms with E-state index in [1.807, 2.05) is 54.6 Å². The highest BCUT2D eigenvalue weighted by atomic mass is 19.1. The standard InChI is InChI=1S/C35H34FNO4/c1-35(2,21-22-39-3)33-31(25-13-15-26(16-14-25)34(38)40-4)32-29(37(33)28-19-17-27(36)18-20-28)11-8-12-30(32)41-23-24-9-6-5-7-10-24/h5-20H,21-23H2,1-4H3. The zero-order chi connectivity index (χ0) is 29.0. The predicted octanol–water partition coefficient (Wildman–Crippen LogP) is 8.12. The quantitative estimate of drug-likeness (QED) is 0.165. The number of ether oxygens (including phenoxy) is 3. The molecule has 0 aliphatic carbocycles. The van der Waals surface area contributed by atoms with Crippen molar-refractivity contribution in [2.45, 2.75) is 32.3 Å². The van der Waals surface area contributed by atoms with E-state index in [4.69, 9.17) is 14.2 Å². The van der Waals surface area contributed by atoms with Gasteiger partial charge in [-0.05, 0) is 66.1 Å². The van der Waals surface area contributed by atoms with Crippen molar-refractivity contribution in [3.8, 4) is 22.6 Å². The lowest BCUT2D eigenvalue weighted by Crippen LogP contribution is -2.24. The molecule has 41 heavy (non-hydrogen) atoms. The number of carbonyl (C=O) groups is 1. The van der Waals surface area contributed by atoms with Crippen LogP contribution in [0, 0.1) is 5.82 Å².